The molecule has 0 saturated carbocycles. The highest BCUT2D eigenvalue weighted by Crippen LogP contribution is 2.36. The topological polar surface area (TPSA) is 179 Å². The Morgan fingerprint density at radius 1 is 0.423 bits per heavy atom. The number of aliphatic hydroxyl groups excluding tert-OH is 1. The molecular weight excluding hydrogens is 1400 g/mol. The van der Waals surface area contributed by atoms with Gasteiger partial charge in [0.15, 0.2) is 0 Å². The third-order valence-corrected chi connectivity index (χ3v) is 19.0. The van der Waals surface area contributed by atoms with Gasteiger partial charge in [-0.2, -0.15) is 29.3 Å². The van der Waals surface area contributed by atoms with E-state index in [1.807, 2.05) is 97.1 Å². The van der Waals surface area contributed by atoms with Crippen LogP contribution in [-0.4, -0.2) is 114 Å². The van der Waals surface area contributed by atoms with E-state index in [1.54, 1.807) is 116 Å². The highest BCUT2D eigenvalue weighted by molar-refractivity contribution is 6.31. The van der Waals surface area contributed by atoms with Gasteiger partial charge < -0.3 is 56.6 Å². The van der Waals surface area contributed by atoms with Gasteiger partial charge in [-0.15, -0.1) is 0 Å². The molecule has 530 valence electrons. The molecule has 3 aliphatic rings. The van der Waals surface area contributed by atoms with Gasteiger partial charge in [-0.05, 0) is 173 Å². The lowest BCUT2D eigenvalue weighted by Crippen LogP contribution is -3.12. The molecular formula is C81H74Cl4FN11O7. The zero-order chi connectivity index (χ0) is 71.2. The van der Waals surface area contributed by atoms with Gasteiger partial charge in [0.1, 0.15) is 40.1 Å². The average Bonchev–Trinajstić information content (AvgIpc) is 0.797. The van der Waals surface area contributed by atoms with Gasteiger partial charge in [0.2, 0.25) is 17.2 Å². The van der Waals surface area contributed by atoms with Crippen molar-refractivity contribution in [3.8, 4) is 84.9 Å². The number of ether oxygens (including phenoxy) is 3. The fourth-order valence-electron chi connectivity index (χ4n) is 12.3. The standard InChI is InChI=1S/C28H25ClFN3O3.C27H25ClN4O2.C26H23ClN4O2.ClH/c29-22-5-9-24(10-6-22)33-28(35)27(26(17-31-33)32-15-13-19(18-34)14-16-32)36-25-11-3-21(4-12-25)20-1-7-23(30)8-2-20;1-30-15-17-31(18-16-30)25-19-29-32(23-11-9-22(28)10-12-23)27(33)26(25)34-24-13-7-21(8-14-24)20-5-3-2-4-6-20;27-21-8-10-22(11-9-21)31-26(32)25(24(18-29-31)30-16-14-28-15-17-30)33-23-12-6-20(7-13-23)19-4-2-1-3-5-19;/h1-12,17,19,34H,13-16,18H2;2-14,19H,15-18H2,1H3;1-13,18,28H,14-17H2;1H. The van der Waals surface area contributed by atoms with E-state index in [1.165, 1.54) is 31.1 Å². The number of hydrogen-bond acceptors (Lipinski definition) is 14. The third-order valence-electron chi connectivity index (χ3n) is 18.2. The number of aromatic nitrogens is 6. The smallest absolute Gasteiger partial charge is 0.316 e. The first-order valence-corrected chi connectivity index (χ1v) is 35.2. The SMILES string of the molecule is C[NH+]1CCN(c2cnn(-c3ccc(Cl)cc3)c(=O)c2Oc2ccc(-c3ccccc3)cc2)CC1.O=c1c(Oc2ccc(-c3ccc(F)cc3)cc2)c(N2CCC(CO)CC2)cnn1-c1ccc(Cl)cc1.O=c1c(Oc2ccc(-c3ccccc3)cc2)c(N2CCNCC2)cnn1-c1ccc(Cl)cc1.[Cl-]. The molecule has 12 aromatic rings. The molecule has 104 heavy (non-hydrogen) atoms. The van der Waals surface area contributed by atoms with Crippen molar-refractivity contribution in [3.63, 3.8) is 0 Å². The van der Waals surface area contributed by atoms with Crippen LogP contribution < -0.4 is 68.2 Å². The molecule has 9 aromatic carbocycles. The van der Waals surface area contributed by atoms with Crippen LogP contribution in [0.25, 0.3) is 50.4 Å². The summed E-state index contributed by atoms with van der Waals surface area (Å²) in [5, 5.41) is 27.9. The van der Waals surface area contributed by atoms with E-state index in [9.17, 15) is 23.9 Å². The summed E-state index contributed by atoms with van der Waals surface area (Å²) < 4.78 is 35.9. The second kappa shape index (κ2) is 34.6. The van der Waals surface area contributed by atoms with Crippen molar-refractivity contribution in [2.45, 2.75) is 12.8 Å². The minimum Gasteiger partial charge on any atom is -1.00 e. The Hall–Kier alpha value is -10.6. The number of likely N-dealkylation sites (N-methyl/N-ethyl adjacent to an activating group) is 1. The van der Waals surface area contributed by atoms with Crippen molar-refractivity contribution in [1.82, 2.24) is 34.7 Å². The zero-order valence-corrected chi connectivity index (χ0v) is 59.8. The van der Waals surface area contributed by atoms with E-state index in [-0.39, 0.29) is 64.7 Å². The van der Waals surface area contributed by atoms with E-state index in [4.69, 9.17) is 49.0 Å². The third kappa shape index (κ3) is 17.9. The molecule has 23 heteroatoms. The predicted octanol–water partition coefficient (Wildman–Crippen LogP) is 11.1. The van der Waals surface area contributed by atoms with E-state index >= 15 is 0 Å². The molecule has 0 bridgehead atoms. The summed E-state index contributed by atoms with van der Waals surface area (Å²) in [6.45, 7) is 8.42. The molecule has 0 unspecified atom stereocenters. The number of piperidine rings is 1. The lowest BCUT2D eigenvalue weighted by Gasteiger charge is -2.33. The Morgan fingerprint density at radius 3 is 1.05 bits per heavy atom. The monoisotopic (exact) mass is 1470 g/mol. The van der Waals surface area contributed by atoms with E-state index in [2.05, 4.69) is 66.6 Å². The summed E-state index contributed by atoms with van der Waals surface area (Å²) >= 11 is 18.1. The average molecular weight is 1470 g/mol. The number of rotatable bonds is 16. The number of nitrogens with zero attached hydrogens (tertiary/aromatic N) is 9. The van der Waals surface area contributed by atoms with Gasteiger partial charge in [-0.1, -0.05) is 144 Å². The Balaban J connectivity index is 0.000000146. The molecule has 3 saturated heterocycles. The van der Waals surface area contributed by atoms with Crippen molar-refractivity contribution in [1.29, 1.82) is 0 Å². The first kappa shape index (κ1) is 73.2. The maximum absolute atomic E-state index is 13.6. The van der Waals surface area contributed by atoms with Crippen LogP contribution in [-0.2, 0) is 0 Å². The Bertz CT molecular complexity index is 4990. The lowest BCUT2D eigenvalue weighted by molar-refractivity contribution is -0.880. The maximum Gasteiger partial charge on any atom is 0.316 e. The highest BCUT2D eigenvalue weighted by atomic mass is 35.5. The summed E-state index contributed by atoms with van der Waals surface area (Å²) in [6.07, 6.45) is 6.72. The van der Waals surface area contributed by atoms with Crippen LogP contribution in [0.15, 0.2) is 263 Å². The number of quaternary nitrogens is 1. The van der Waals surface area contributed by atoms with Gasteiger partial charge in [0.05, 0.1) is 68.9 Å². The second-order valence-corrected chi connectivity index (χ2v) is 26.4. The van der Waals surface area contributed by atoms with Crippen molar-refractivity contribution >= 4 is 51.9 Å². The van der Waals surface area contributed by atoms with Crippen LogP contribution in [0.4, 0.5) is 21.5 Å². The molecule has 15 rings (SSSR count). The molecule has 0 radical (unpaired) electrons. The summed E-state index contributed by atoms with van der Waals surface area (Å²) in [6, 6.07) is 70.3. The van der Waals surface area contributed by atoms with Crippen LogP contribution >= 0.6 is 34.8 Å². The molecule has 0 atom stereocenters. The van der Waals surface area contributed by atoms with Gasteiger partial charge in [-0.3, -0.25) is 14.4 Å². The van der Waals surface area contributed by atoms with E-state index < -0.39 is 0 Å². The van der Waals surface area contributed by atoms with Crippen molar-refractivity contribution in [3.05, 3.63) is 301 Å². The largest absolute Gasteiger partial charge is 1.00 e. The number of aliphatic hydroxyl groups is 1. The highest BCUT2D eigenvalue weighted by Gasteiger charge is 2.28. The number of hydrogen-bond donors (Lipinski definition) is 3. The quantitative estimate of drug-likeness (QED) is 0.0832. The Labute approximate surface area is 622 Å². The number of anilines is 3. The van der Waals surface area contributed by atoms with Gasteiger partial charge in [0.25, 0.3) is 0 Å². The van der Waals surface area contributed by atoms with Crippen molar-refractivity contribution < 1.29 is 41.0 Å². The van der Waals surface area contributed by atoms with Crippen molar-refractivity contribution in [2.75, 3.05) is 93.8 Å². The molecule has 3 fully saturated rings. The molecule has 6 heterocycles. The normalized spacial score (nSPS) is 13.9. The van der Waals surface area contributed by atoms with Gasteiger partial charge in [0, 0.05) is 60.9 Å². The second-order valence-electron chi connectivity index (χ2n) is 25.1. The Morgan fingerprint density at radius 2 is 0.721 bits per heavy atom. The van der Waals surface area contributed by atoms with Gasteiger partial charge >= 0.3 is 16.7 Å². The number of piperazine rings is 2. The number of halogens is 5. The molecule has 0 spiro atoms. The molecule has 3 N–H and O–H groups in total. The Kier molecular flexibility index (Phi) is 24.3. The molecule has 3 aliphatic heterocycles. The van der Waals surface area contributed by atoms with E-state index in [0.717, 1.165) is 104 Å². The fourth-order valence-corrected chi connectivity index (χ4v) is 12.7. The number of nitrogens with one attached hydrogen (secondary N) is 2. The summed E-state index contributed by atoms with van der Waals surface area (Å²) in [7, 11) is 2.18. The summed E-state index contributed by atoms with van der Waals surface area (Å²) in [5.74, 6) is 2.38. The fraction of sp³-hybridized carbons (Fsp3) is 0.185. The first-order valence-electron chi connectivity index (χ1n) is 34.0. The number of benzene rings is 9. The van der Waals surface area contributed by atoms with Crippen LogP contribution in [0.2, 0.25) is 15.1 Å². The van der Waals surface area contributed by atoms with Crippen LogP contribution in [0.5, 0.6) is 34.5 Å². The predicted molar refractivity (Wildman–Crippen MR) is 406 cm³/mol. The summed E-state index contributed by atoms with van der Waals surface area (Å²) in [4.78, 5) is 48.6. The minimum atomic E-state index is -0.387. The van der Waals surface area contributed by atoms with Crippen LogP contribution in [0.1, 0.15) is 12.8 Å². The minimum absolute atomic E-state index is 0. The molecule has 0 amide bonds. The maximum atomic E-state index is 13.6. The van der Waals surface area contributed by atoms with Gasteiger partial charge in [-0.25, -0.2) is 4.39 Å². The lowest BCUT2D eigenvalue weighted by atomic mass is 9.97. The zero-order valence-electron chi connectivity index (χ0n) is 56.8. The molecule has 0 aliphatic carbocycles. The van der Waals surface area contributed by atoms with E-state index in [0.29, 0.717) is 73.8 Å². The van der Waals surface area contributed by atoms with Crippen molar-refractivity contribution in [2.24, 2.45) is 5.92 Å². The van der Waals surface area contributed by atoms with Crippen LogP contribution in [0.3, 0.4) is 0 Å². The molecule has 18 nitrogen and oxygen atoms in total. The summed E-state index contributed by atoms with van der Waals surface area (Å²) in [5.41, 5.74) is 9.05. The molecule has 3 aromatic heterocycles. The van der Waals surface area contributed by atoms with Crippen LogP contribution in [0, 0.1) is 11.7 Å². The first-order chi connectivity index (χ1) is 50.3.